The van der Waals surface area contributed by atoms with Crippen LogP contribution in [0.2, 0.25) is 5.02 Å². The largest absolute Gasteiger partial charge is 0.374 e. The zero-order valence-corrected chi connectivity index (χ0v) is 12.4. The van der Waals surface area contributed by atoms with E-state index < -0.39 is 0 Å². The molecule has 0 aliphatic carbocycles. The SMILES string of the molecule is CCNc1snnc1CSCc1ccc(Cl)cc1. The van der Waals surface area contributed by atoms with Crippen LogP contribution in [0.15, 0.2) is 24.3 Å². The molecule has 0 radical (unpaired) electrons. The first kappa shape index (κ1) is 13.6. The van der Waals surface area contributed by atoms with Crippen molar-refractivity contribution in [1.29, 1.82) is 0 Å². The zero-order chi connectivity index (χ0) is 12.8. The first-order valence-corrected chi connectivity index (χ1v) is 7.97. The van der Waals surface area contributed by atoms with Crippen molar-refractivity contribution in [2.24, 2.45) is 0 Å². The molecule has 96 valence electrons. The van der Waals surface area contributed by atoms with Gasteiger partial charge in [0, 0.05) is 34.6 Å². The minimum absolute atomic E-state index is 0.780. The van der Waals surface area contributed by atoms with Crippen molar-refractivity contribution in [2.45, 2.75) is 18.4 Å². The summed E-state index contributed by atoms with van der Waals surface area (Å²) in [7, 11) is 0. The van der Waals surface area contributed by atoms with Crippen molar-refractivity contribution in [3.63, 3.8) is 0 Å². The predicted molar refractivity (Wildman–Crippen MR) is 80.5 cm³/mol. The topological polar surface area (TPSA) is 37.8 Å². The van der Waals surface area contributed by atoms with E-state index in [2.05, 4.69) is 34.0 Å². The van der Waals surface area contributed by atoms with E-state index in [1.165, 1.54) is 17.1 Å². The highest BCUT2D eigenvalue weighted by atomic mass is 35.5. The molecule has 0 unspecified atom stereocenters. The van der Waals surface area contributed by atoms with E-state index in [0.717, 1.165) is 33.8 Å². The lowest BCUT2D eigenvalue weighted by Gasteiger charge is -2.03. The maximum absolute atomic E-state index is 5.85. The number of benzene rings is 1. The summed E-state index contributed by atoms with van der Waals surface area (Å²) in [6.07, 6.45) is 0. The van der Waals surface area contributed by atoms with E-state index in [9.17, 15) is 0 Å². The van der Waals surface area contributed by atoms with Gasteiger partial charge in [0.25, 0.3) is 0 Å². The number of nitrogens with one attached hydrogen (secondary N) is 1. The number of anilines is 1. The highest BCUT2D eigenvalue weighted by Crippen LogP contribution is 2.24. The number of aromatic nitrogens is 2. The molecule has 0 aliphatic rings. The highest BCUT2D eigenvalue weighted by Gasteiger charge is 2.06. The highest BCUT2D eigenvalue weighted by molar-refractivity contribution is 7.97. The van der Waals surface area contributed by atoms with Gasteiger partial charge in [-0.15, -0.1) is 5.10 Å². The minimum atomic E-state index is 0.780. The van der Waals surface area contributed by atoms with Crippen LogP contribution < -0.4 is 5.32 Å². The molecule has 0 aliphatic heterocycles. The van der Waals surface area contributed by atoms with E-state index in [1.54, 1.807) is 0 Å². The van der Waals surface area contributed by atoms with E-state index in [0.29, 0.717) is 0 Å². The summed E-state index contributed by atoms with van der Waals surface area (Å²) in [5.74, 6) is 1.84. The minimum Gasteiger partial charge on any atom is -0.374 e. The van der Waals surface area contributed by atoms with Crippen LogP contribution in [0.1, 0.15) is 18.2 Å². The second-order valence-corrected chi connectivity index (χ2v) is 5.87. The van der Waals surface area contributed by atoms with E-state index >= 15 is 0 Å². The second kappa shape index (κ2) is 6.97. The third-order valence-electron chi connectivity index (χ3n) is 2.31. The molecule has 3 nitrogen and oxygen atoms in total. The fraction of sp³-hybridized carbons (Fsp3) is 0.333. The first-order chi connectivity index (χ1) is 8.79. The van der Waals surface area contributed by atoms with Crippen molar-refractivity contribution in [1.82, 2.24) is 9.59 Å². The Bertz CT molecular complexity index is 484. The molecule has 6 heteroatoms. The maximum Gasteiger partial charge on any atom is 0.134 e. The number of halogens is 1. The van der Waals surface area contributed by atoms with Crippen LogP contribution in [0, 0.1) is 0 Å². The first-order valence-electron chi connectivity index (χ1n) is 5.67. The molecule has 1 heterocycles. The van der Waals surface area contributed by atoms with Gasteiger partial charge in [0.2, 0.25) is 0 Å². The third-order valence-corrected chi connectivity index (χ3v) is 4.31. The lowest BCUT2D eigenvalue weighted by atomic mass is 10.2. The maximum atomic E-state index is 5.85. The van der Waals surface area contributed by atoms with E-state index in [-0.39, 0.29) is 0 Å². The lowest BCUT2D eigenvalue weighted by molar-refractivity contribution is 1.07. The third kappa shape index (κ3) is 3.86. The number of hydrogen-bond acceptors (Lipinski definition) is 5. The standard InChI is InChI=1S/C12H14ClN3S2/c1-2-14-12-11(15-16-18-12)8-17-7-9-3-5-10(13)6-4-9/h3-6,14H,2,7-8H2,1H3. The molecule has 0 bridgehead atoms. The Balaban J connectivity index is 1.84. The Morgan fingerprint density at radius 1 is 1.28 bits per heavy atom. The summed E-state index contributed by atoms with van der Waals surface area (Å²) in [4.78, 5) is 0. The molecule has 2 rings (SSSR count). The van der Waals surface area contributed by atoms with Gasteiger partial charge in [0.1, 0.15) is 10.7 Å². The molecule has 0 saturated carbocycles. The van der Waals surface area contributed by atoms with Gasteiger partial charge in [-0.3, -0.25) is 0 Å². The van der Waals surface area contributed by atoms with E-state index in [4.69, 9.17) is 11.6 Å². The van der Waals surface area contributed by atoms with E-state index in [1.807, 2.05) is 23.9 Å². The molecule has 0 fully saturated rings. The van der Waals surface area contributed by atoms with Gasteiger partial charge < -0.3 is 5.32 Å². The summed E-state index contributed by atoms with van der Waals surface area (Å²) in [6, 6.07) is 7.96. The zero-order valence-electron chi connectivity index (χ0n) is 10.0. The van der Waals surface area contributed by atoms with Crippen molar-refractivity contribution < 1.29 is 0 Å². The Morgan fingerprint density at radius 2 is 2.06 bits per heavy atom. The predicted octanol–water partition coefficient (Wildman–Crippen LogP) is 4.06. The molecule has 0 spiro atoms. The Morgan fingerprint density at radius 3 is 2.78 bits per heavy atom. The monoisotopic (exact) mass is 299 g/mol. The summed E-state index contributed by atoms with van der Waals surface area (Å²) in [6.45, 7) is 2.98. The number of thioether (sulfide) groups is 1. The fourth-order valence-electron chi connectivity index (χ4n) is 1.44. The average Bonchev–Trinajstić information content (AvgIpc) is 2.80. The van der Waals surface area contributed by atoms with Crippen molar-refractivity contribution >= 4 is 39.9 Å². The molecule has 1 N–H and O–H groups in total. The molecule has 2 aromatic rings. The second-order valence-electron chi connectivity index (χ2n) is 3.70. The van der Waals surface area contributed by atoms with Gasteiger partial charge in [0.15, 0.2) is 0 Å². The summed E-state index contributed by atoms with van der Waals surface area (Å²) in [5, 5.41) is 9.28. The van der Waals surface area contributed by atoms with Crippen LogP contribution in [0.4, 0.5) is 5.00 Å². The lowest BCUT2D eigenvalue weighted by Crippen LogP contribution is -1.97. The van der Waals surface area contributed by atoms with Crippen molar-refractivity contribution in [3.05, 3.63) is 40.5 Å². The van der Waals surface area contributed by atoms with Gasteiger partial charge in [-0.25, -0.2) is 0 Å². The van der Waals surface area contributed by atoms with Crippen LogP contribution in [0.3, 0.4) is 0 Å². The molecule has 1 aromatic carbocycles. The summed E-state index contributed by atoms with van der Waals surface area (Å²) in [5.41, 5.74) is 2.32. The van der Waals surface area contributed by atoms with Crippen LogP contribution in [0.25, 0.3) is 0 Å². The van der Waals surface area contributed by atoms with Gasteiger partial charge in [-0.1, -0.05) is 28.2 Å². The average molecular weight is 300 g/mol. The smallest absolute Gasteiger partial charge is 0.134 e. The van der Waals surface area contributed by atoms with Crippen molar-refractivity contribution in [3.8, 4) is 0 Å². The fourth-order valence-corrected chi connectivity index (χ4v) is 3.24. The normalized spacial score (nSPS) is 10.6. The molecular weight excluding hydrogens is 286 g/mol. The Labute approximate surface area is 120 Å². The summed E-state index contributed by atoms with van der Waals surface area (Å²) < 4.78 is 3.98. The Hall–Kier alpha value is -0.780. The molecule has 1 aromatic heterocycles. The van der Waals surface area contributed by atoms with Crippen LogP contribution in [0.5, 0.6) is 0 Å². The number of nitrogens with zero attached hydrogens (tertiary/aromatic N) is 2. The molecule has 18 heavy (non-hydrogen) atoms. The van der Waals surface area contributed by atoms with Gasteiger partial charge in [-0.05, 0) is 24.6 Å². The van der Waals surface area contributed by atoms with Crippen molar-refractivity contribution in [2.75, 3.05) is 11.9 Å². The molecule has 0 amide bonds. The quantitative estimate of drug-likeness (QED) is 0.873. The van der Waals surface area contributed by atoms with Gasteiger partial charge in [0.05, 0.1) is 0 Å². The van der Waals surface area contributed by atoms with Crippen LogP contribution in [-0.4, -0.2) is 16.1 Å². The summed E-state index contributed by atoms with van der Waals surface area (Å²) >= 11 is 9.10. The molecule has 0 saturated heterocycles. The van der Waals surface area contributed by atoms with Crippen LogP contribution >= 0.6 is 34.9 Å². The van der Waals surface area contributed by atoms with Crippen LogP contribution in [-0.2, 0) is 11.5 Å². The molecular formula is C12H14ClN3S2. The Kier molecular flexibility index (Phi) is 5.28. The number of rotatable bonds is 6. The van der Waals surface area contributed by atoms with Gasteiger partial charge >= 0.3 is 0 Å². The molecule has 0 atom stereocenters. The number of hydrogen-bond donors (Lipinski definition) is 1. The van der Waals surface area contributed by atoms with Gasteiger partial charge in [-0.2, -0.15) is 11.8 Å².